The van der Waals surface area contributed by atoms with E-state index in [0.29, 0.717) is 0 Å². The molecule has 0 radical (unpaired) electrons. The van der Waals surface area contributed by atoms with E-state index in [9.17, 15) is 0 Å². The molecule has 0 N–H and O–H groups in total. The highest BCUT2D eigenvalue weighted by atomic mass is 15.0. The lowest BCUT2D eigenvalue weighted by Gasteiger charge is -2.11. The van der Waals surface area contributed by atoms with Gasteiger partial charge in [0, 0.05) is 65.8 Å². The SMILES string of the molecule is c1ccc(-c2ccc(-c3ccc(-n4c5ccccc5c5cc6c(cc54)c4ccccc4n6-c4ccc(-c5ccccc5)cc4)cc3)cc2)cc1.c1ccc(-c2ccc(-c3cccc(-n4c5ccccc5c5cc6c(cc54)c4ccccc4n6-c4ccccc4)c3)cc2)cc1. The molecular weight excluding hydrogens is 1140 g/mol. The first kappa shape index (κ1) is 54.4. The van der Waals surface area contributed by atoms with Crippen LogP contribution in [-0.2, 0) is 0 Å². The van der Waals surface area contributed by atoms with Gasteiger partial charge < -0.3 is 18.3 Å². The second-order valence-electron chi connectivity index (χ2n) is 24.4. The zero-order chi connectivity index (χ0) is 62.1. The fraction of sp³-hybridized carbons (Fsp3) is 0. The molecule has 0 saturated heterocycles. The maximum atomic E-state index is 2.43. The zero-order valence-corrected chi connectivity index (χ0v) is 51.4. The van der Waals surface area contributed by atoms with Crippen LogP contribution in [0.1, 0.15) is 0 Å². The van der Waals surface area contributed by atoms with Crippen LogP contribution in [0.5, 0.6) is 0 Å². The Balaban J connectivity index is 0.000000139. The van der Waals surface area contributed by atoms with Crippen LogP contribution in [0.15, 0.2) is 364 Å². The molecule has 440 valence electrons. The van der Waals surface area contributed by atoms with Gasteiger partial charge in [-0.15, -0.1) is 0 Å². The topological polar surface area (TPSA) is 19.7 Å². The Morgan fingerprint density at radius 3 is 0.649 bits per heavy atom. The Hall–Kier alpha value is -12.5. The first-order valence-electron chi connectivity index (χ1n) is 32.3. The molecule has 0 bridgehead atoms. The van der Waals surface area contributed by atoms with E-state index in [1.54, 1.807) is 0 Å². The molecule has 4 aromatic heterocycles. The lowest BCUT2D eigenvalue weighted by molar-refractivity contribution is 1.17. The van der Waals surface area contributed by atoms with E-state index in [0.717, 1.165) is 17.1 Å². The van der Waals surface area contributed by atoms with E-state index < -0.39 is 0 Å². The highest BCUT2D eigenvalue weighted by Gasteiger charge is 2.21. The van der Waals surface area contributed by atoms with Crippen molar-refractivity contribution in [2.75, 3.05) is 0 Å². The van der Waals surface area contributed by atoms with Crippen LogP contribution in [0, 0.1) is 0 Å². The minimum atomic E-state index is 1.15. The van der Waals surface area contributed by atoms with Crippen LogP contribution in [0.4, 0.5) is 0 Å². The molecule has 0 unspecified atom stereocenters. The van der Waals surface area contributed by atoms with Gasteiger partial charge in [0.25, 0.3) is 0 Å². The van der Waals surface area contributed by atoms with E-state index in [-0.39, 0.29) is 0 Å². The smallest absolute Gasteiger partial charge is 0.0548 e. The predicted molar refractivity (Wildman–Crippen MR) is 397 cm³/mol. The fourth-order valence-electron chi connectivity index (χ4n) is 14.6. The summed E-state index contributed by atoms with van der Waals surface area (Å²) >= 11 is 0. The van der Waals surface area contributed by atoms with E-state index in [1.807, 2.05) is 0 Å². The van der Waals surface area contributed by atoms with Gasteiger partial charge in [-0.2, -0.15) is 0 Å². The number of hydrogen-bond acceptors (Lipinski definition) is 0. The molecule has 0 fully saturated rings. The summed E-state index contributed by atoms with van der Waals surface area (Å²) < 4.78 is 9.67. The summed E-state index contributed by atoms with van der Waals surface area (Å²) in [6.07, 6.45) is 0. The van der Waals surface area contributed by atoms with Crippen molar-refractivity contribution in [3.63, 3.8) is 0 Å². The zero-order valence-electron chi connectivity index (χ0n) is 51.4. The fourth-order valence-corrected chi connectivity index (χ4v) is 14.6. The van der Waals surface area contributed by atoms with E-state index in [4.69, 9.17) is 0 Å². The Labute approximate surface area is 544 Å². The molecule has 19 aromatic rings. The maximum absolute atomic E-state index is 2.43. The molecule has 0 aliphatic carbocycles. The van der Waals surface area contributed by atoms with E-state index in [2.05, 4.69) is 382 Å². The Morgan fingerprint density at radius 1 is 0.117 bits per heavy atom. The standard InChI is InChI=1S/C48H32N2.C42H28N2/c1-3-11-33(12-4-1)35-19-21-36(22-20-35)38-25-29-40(30-26-38)50-46-18-10-8-16-42(46)44-31-47-43(32-48(44)50)41-15-7-9-17-45(41)49(47)39-27-23-37(24-28-39)34-13-5-2-6-14-34;1-3-12-29(13-4-1)30-22-24-31(25-23-30)32-14-11-17-34(26-32)44-40-21-10-8-19-36(40)38-27-41-37(28-42(38)44)35-18-7-9-20-39(35)43(41)33-15-5-2-6-16-33/h1-32H;1-28H. The van der Waals surface area contributed by atoms with Crippen LogP contribution >= 0.6 is 0 Å². The van der Waals surface area contributed by atoms with E-state index >= 15 is 0 Å². The molecule has 15 aromatic carbocycles. The van der Waals surface area contributed by atoms with Gasteiger partial charge in [0.05, 0.1) is 44.1 Å². The molecule has 0 atom stereocenters. The summed E-state index contributed by atoms with van der Waals surface area (Å²) in [5.41, 5.74) is 26.6. The number of para-hydroxylation sites is 5. The predicted octanol–water partition coefficient (Wildman–Crippen LogP) is 24.1. The quantitative estimate of drug-likeness (QED) is 0.137. The van der Waals surface area contributed by atoms with Gasteiger partial charge in [-0.05, 0) is 153 Å². The number of fused-ring (bicyclic) bond motifs is 12. The number of rotatable bonds is 9. The average molecular weight is 1200 g/mol. The van der Waals surface area contributed by atoms with Crippen molar-refractivity contribution in [3.8, 4) is 78.4 Å². The van der Waals surface area contributed by atoms with Crippen LogP contribution in [0.2, 0.25) is 0 Å². The number of nitrogens with zero attached hydrogens (tertiary/aromatic N) is 4. The van der Waals surface area contributed by atoms with Gasteiger partial charge in [-0.25, -0.2) is 0 Å². The minimum absolute atomic E-state index is 1.15. The molecular formula is C90H60N4. The normalized spacial score (nSPS) is 11.6. The summed E-state index contributed by atoms with van der Waals surface area (Å²) in [5.74, 6) is 0. The third-order valence-electron chi connectivity index (χ3n) is 19.1. The van der Waals surface area contributed by atoms with Crippen LogP contribution in [-0.4, -0.2) is 18.3 Å². The molecule has 4 nitrogen and oxygen atoms in total. The van der Waals surface area contributed by atoms with Crippen molar-refractivity contribution in [2.24, 2.45) is 0 Å². The van der Waals surface area contributed by atoms with Crippen molar-refractivity contribution in [2.45, 2.75) is 0 Å². The Morgan fingerprint density at radius 2 is 0.330 bits per heavy atom. The lowest BCUT2D eigenvalue weighted by Crippen LogP contribution is -1.95. The summed E-state index contributed by atoms with van der Waals surface area (Å²) in [6, 6.07) is 132. The molecule has 0 aliphatic heterocycles. The number of benzene rings is 15. The molecule has 94 heavy (non-hydrogen) atoms. The van der Waals surface area contributed by atoms with Gasteiger partial charge in [-0.3, -0.25) is 0 Å². The molecule has 0 amide bonds. The Kier molecular flexibility index (Phi) is 13.2. The van der Waals surface area contributed by atoms with Crippen LogP contribution in [0.25, 0.3) is 166 Å². The van der Waals surface area contributed by atoms with Gasteiger partial charge >= 0.3 is 0 Å². The van der Waals surface area contributed by atoms with Crippen molar-refractivity contribution >= 4 is 87.2 Å². The second kappa shape index (κ2) is 22.8. The molecule has 0 aliphatic rings. The third-order valence-corrected chi connectivity index (χ3v) is 19.1. The van der Waals surface area contributed by atoms with Crippen molar-refractivity contribution < 1.29 is 0 Å². The van der Waals surface area contributed by atoms with Gasteiger partial charge in [0.1, 0.15) is 0 Å². The van der Waals surface area contributed by atoms with Crippen molar-refractivity contribution in [3.05, 3.63) is 364 Å². The third kappa shape index (κ3) is 9.30. The lowest BCUT2D eigenvalue weighted by atomic mass is 10.00. The monoisotopic (exact) mass is 1200 g/mol. The number of aromatic nitrogens is 4. The molecule has 0 saturated carbocycles. The summed E-state index contributed by atoms with van der Waals surface area (Å²) in [4.78, 5) is 0. The summed E-state index contributed by atoms with van der Waals surface area (Å²) in [7, 11) is 0. The Bertz CT molecular complexity index is 6020. The summed E-state index contributed by atoms with van der Waals surface area (Å²) in [5, 5.41) is 10.0. The average Bonchev–Trinajstić information content (AvgIpc) is 1.57. The highest BCUT2D eigenvalue weighted by molar-refractivity contribution is 6.20. The molecule has 0 spiro atoms. The highest BCUT2D eigenvalue weighted by Crippen LogP contribution is 2.43. The van der Waals surface area contributed by atoms with Crippen molar-refractivity contribution in [1.29, 1.82) is 0 Å². The largest absolute Gasteiger partial charge is 0.309 e. The first-order chi connectivity index (χ1) is 46.6. The van der Waals surface area contributed by atoms with Crippen LogP contribution < -0.4 is 0 Å². The number of hydrogen-bond donors (Lipinski definition) is 0. The van der Waals surface area contributed by atoms with Crippen molar-refractivity contribution in [1.82, 2.24) is 18.3 Å². The van der Waals surface area contributed by atoms with Gasteiger partial charge in [-0.1, -0.05) is 267 Å². The van der Waals surface area contributed by atoms with Gasteiger partial charge in [0.2, 0.25) is 0 Å². The molecule has 4 heterocycles. The minimum Gasteiger partial charge on any atom is -0.309 e. The maximum Gasteiger partial charge on any atom is 0.0548 e. The van der Waals surface area contributed by atoms with Gasteiger partial charge in [0.15, 0.2) is 0 Å². The molecule has 4 heteroatoms. The molecule has 19 rings (SSSR count). The van der Waals surface area contributed by atoms with E-state index in [1.165, 1.54) is 149 Å². The van der Waals surface area contributed by atoms with Crippen LogP contribution in [0.3, 0.4) is 0 Å². The second-order valence-corrected chi connectivity index (χ2v) is 24.4. The first-order valence-corrected chi connectivity index (χ1v) is 32.3. The summed E-state index contributed by atoms with van der Waals surface area (Å²) in [6.45, 7) is 0.